The van der Waals surface area contributed by atoms with E-state index in [9.17, 15) is 14.4 Å². The standard InChI is InChI=1S/C25H28N4O4/c1-4-33-24(32)22-20(18-13-9-6-10-14-18)21(26-27-22)23(31)29-19(30)15-25(2,3)28(29)16-17-11-7-5-8-12-17/h5-14,20-21,26H,4,15-16H2,1-3H3/t20-,21+/m0/s1. The molecule has 33 heavy (non-hydrogen) atoms. The molecule has 1 fully saturated rings. The van der Waals surface area contributed by atoms with Crippen LogP contribution in [0, 0.1) is 0 Å². The van der Waals surface area contributed by atoms with Crippen LogP contribution in [0.1, 0.15) is 44.2 Å². The van der Waals surface area contributed by atoms with Crippen molar-refractivity contribution in [2.24, 2.45) is 5.10 Å². The average molecular weight is 449 g/mol. The van der Waals surface area contributed by atoms with Gasteiger partial charge in [-0.05, 0) is 31.9 Å². The predicted molar refractivity (Wildman–Crippen MR) is 123 cm³/mol. The van der Waals surface area contributed by atoms with E-state index in [0.29, 0.717) is 6.54 Å². The third-order valence-corrected chi connectivity index (χ3v) is 6.01. The maximum absolute atomic E-state index is 13.8. The van der Waals surface area contributed by atoms with Gasteiger partial charge in [0.05, 0.1) is 12.5 Å². The minimum atomic E-state index is -0.914. The number of amides is 2. The Morgan fingerprint density at radius 2 is 1.73 bits per heavy atom. The van der Waals surface area contributed by atoms with Crippen molar-refractivity contribution in [3.05, 3.63) is 71.8 Å². The van der Waals surface area contributed by atoms with Gasteiger partial charge in [-0.2, -0.15) is 5.10 Å². The highest BCUT2D eigenvalue weighted by Crippen LogP contribution is 2.35. The molecule has 0 saturated carbocycles. The molecular weight excluding hydrogens is 420 g/mol. The Morgan fingerprint density at radius 3 is 2.36 bits per heavy atom. The normalized spacial score (nSPS) is 22.1. The molecule has 1 saturated heterocycles. The molecule has 2 amide bonds. The Balaban J connectivity index is 1.67. The van der Waals surface area contributed by atoms with Crippen molar-refractivity contribution in [1.29, 1.82) is 0 Å². The van der Waals surface area contributed by atoms with Crippen LogP contribution in [-0.4, -0.2) is 51.7 Å². The number of esters is 1. The van der Waals surface area contributed by atoms with Crippen molar-refractivity contribution in [2.75, 3.05) is 6.61 Å². The van der Waals surface area contributed by atoms with Gasteiger partial charge in [-0.25, -0.2) is 14.8 Å². The van der Waals surface area contributed by atoms with E-state index in [4.69, 9.17) is 4.74 Å². The van der Waals surface area contributed by atoms with Gasteiger partial charge < -0.3 is 4.74 Å². The molecule has 2 atom stereocenters. The predicted octanol–water partition coefficient (Wildman–Crippen LogP) is 2.62. The molecule has 0 aliphatic carbocycles. The molecule has 1 N–H and O–H groups in total. The molecule has 2 aromatic rings. The fourth-order valence-corrected chi connectivity index (χ4v) is 4.38. The number of imide groups is 1. The highest BCUT2D eigenvalue weighted by atomic mass is 16.5. The lowest BCUT2D eigenvalue weighted by atomic mass is 9.87. The summed E-state index contributed by atoms with van der Waals surface area (Å²) in [5.41, 5.74) is 4.13. The van der Waals surface area contributed by atoms with Crippen molar-refractivity contribution in [2.45, 2.75) is 51.2 Å². The third kappa shape index (κ3) is 4.39. The van der Waals surface area contributed by atoms with Gasteiger partial charge in [0.1, 0.15) is 6.04 Å². The topological polar surface area (TPSA) is 91.3 Å². The molecule has 2 aromatic carbocycles. The summed E-state index contributed by atoms with van der Waals surface area (Å²) in [6.07, 6.45) is 0.208. The van der Waals surface area contributed by atoms with E-state index >= 15 is 0 Å². The van der Waals surface area contributed by atoms with E-state index in [-0.39, 0.29) is 24.6 Å². The minimum Gasteiger partial charge on any atom is -0.461 e. The van der Waals surface area contributed by atoms with E-state index in [1.807, 2.05) is 74.5 Å². The number of hydrogen-bond acceptors (Lipinski definition) is 7. The molecule has 0 aromatic heterocycles. The van der Waals surface area contributed by atoms with Crippen LogP contribution in [0.15, 0.2) is 65.8 Å². The quantitative estimate of drug-likeness (QED) is 0.540. The number of ether oxygens (including phenoxy) is 1. The molecule has 2 aliphatic rings. The van der Waals surface area contributed by atoms with Gasteiger partial charge in [0, 0.05) is 18.5 Å². The molecule has 0 spiro atoms. The van der Waals surface area contributed by atoms with Gasteiger partial charge in [-0.1, -0.05) is 60.7 Å². The number of benzene rings is 2. The molecule has 8 heteroatoms. The van der Waals surface area contributed by atoms with Crippen molar-refractivity contribution in [3.8, 4) is 0 Å². The molecule has 2 aliphatic heterocycles. The Morgan fingerprint density at radius 1 is 1.09 bits per heavy atom. The molecule has 8 nitrogen and oxygen atoms in total. The number of carbonyl (C=O) groups excluding carboxylic acids is 3. The average Bonchev–Trinajstić information content (AvgIpc) is 3.33. The van der Waals surface area contributed by atoms with Gasteiger partial charge in [0.2, 0.25) is 5.91 Å². The SMILES string of the molecule is CCOC(=O)C1=NN[C@@H](C(=O)N2C(=O)CC(C)(C)N2Cc2ccccc2)[C@@H]1c1ccccc1. The second-order valence-electron chi connectivity index (χ2n) is 8.79. The molecule has 0 radical (unpaired) electrons. The van der Waals surface area contributed by atoms with Gasteiger partial charge in [0.25, 0.3) is 5.91 Å². The number of hydrazone groups is 1. The highest BCUT2D eigenvalue weighted by molar-refractivity contribution is 6.40. The summed E-state index contributed by atoms with van der Waals surface area (Å²) >= 11 is 0. The lowest BCUT2D eigenvalue weighted by Gasteiger charge is -2.36. The van der Waals surface area contributed by atoms with Crippen LogP contribution in [0.5, 0.6) is 0 Å². The van der Waals surface area contributed by atoms with Crippen molar-refractivity contribution < 1.29 is 19.1 Å². The summed E-state index contributed by atoms with van der Waals surface area (Å²) in [4.78, 5) is 39.5. The molecule has 2 heterocycles. The van der Waals surface area contributed by atoms with Crippen molar-refractivity contribution in [1.82, 2.24) is 15.4 Å². The first-order valence-electron chi connectivity index (χ1n) is 11.1. The summed E-state index contributed by atoms with van der Waals surface area (Å²) in [6, 6.07) is 18.0. The van der Waals surface area contributed by atoms with Crippen LogP contribution < -0.4 is 5.43 Å². The van der Waals surface area contributed by atoms with Crippen molar-refractivity contribution >= 4 is 23.5 Å². The largest absolute Gasteiger partial charge is 0.461 e. The number of nitrogens with zero attached hydrogens (tertiary/aromatic N) is 3. The molecule has 0 bridgehead atoms. The first-order valence-corrected chi connectivity index (χ1v) is 11.1. The van der Waals surface area contributed by atoms with Crippen LogP contribution in [0.2, 0.25) is 0 Å². The van der Waals surface area contributed by atoms with Crippen molar-refractivity contribution in [3.63, 3.8) is 0 Å². The Labute approximate surface area is 193 Å². The van der Waals surface area contributed by atoms with Gasteiger partial charge >= 0.3 is 5.97 Å². The van der Waals surface area contributed by atoms with E-state index in [1.54, 1.807) is 11.9 Å². The number of rotatable bonds is 6. The van der Waals surface area contributed by atoms with E-state index in [0.717, 1.165) is 11.1 Å². The Bertz CT molecular complexity index is 1070. The maximum Gasteiger partial charge on any atom is 0.355 e. The molecule has 172 valence electrons. The number of carbonyl (C=O) groups is 3. The monoisotopic (exact) mass is 448 g/mol. The molecular formula is C25H28N4O4. The summed E-state index contributed by atoms with van der Waals surface area (Å²) < 4.78 is 5.17. The third-order valence-electron chi connectivity index (χ3n) is 6.01. The summed E-state index contributed by atoms with van der Waals surface area (Å²) in [5, 5.41) is 7.20. The smallest absolute Gasteiger partial charge is 0.355 e. The second kappa shape index (κ2) is 9.15. The zero-order chi connectivity index (χ0) is 23.6. The maximum atomic E-state index is 13.8. The van der Waals surface area contributed by atoms with Crippen LogP contribution in [-0.2, 0) is 25.7 Å². The summed E-state index contributed by atoms with van der Waals surface area (Å²) in [6.45, 7) is 6.20. The number of hydrogen-bond donors (Lipinski definition) is 1. The first-order chi connectivity index (χ1) is 15.8. The molecule has 0 unspecified atom stereocenters. The Kier molecular flexibility index (Phi) is 6.29. The Hall–Kier alpha value is -3.52. The highest BCUT2D eigenvalue weighted by Gasteiger charge is 2.51. The fourth-order valence-electron chi connectivity index (χ4n) is 4.38. The summed E-state index contributed by atoms with van der Waals surface area (Å²) in [5.74, 6) is -1.98. The van der Waals surface area contributed by atoms with E-state index in [2.05, 4.69) is 10.5 Å². The summed E-state index contributed by atoms with van der Waals surface area (Å²) in [7, 11) is 0. The van der Waals surface area contributed by atoms with E-state index < -0.39 is 29.4 Å². The fraction of sp³-hybridized carbons (Fsp3) is 0.360. The lowest BCUT2D eigenvalue weighted by Crippen LogP contribution is -2.55. The minimum absolute atomic E-state index is 0.127. The number of nitrogens with one attached hydrogen (secondary N) is 1. The second-order valence-corrected chi connectivity index (χ2v) is 8.79. The van der Waals surface area contributed by atoms with E-state index in [1.165, 1.54) is 5.01 Å². The van der Waals surface area contributed by atoms with Gasteiger partial charge in [0.15, 0.2) is 5.71 Å². The van der Waals surface area contributed by atoms with Gasteiger partial charge in [-0.3, -0.25) is 15.0 Å². The zero-order valence-electron chi connectivity index (χ0n) is 19.0. The lowest BCUT2D eigenvalue weighted by molar-refractivity contribution is -0.162. The molecule has 4 rings (SSSR count). The van der Waals surface area contributed by atoms with Crippen LogP contribution in [0.25, 0.3) is 0 Å². The zero-order valence-corrected chi connectivity index (χ0v) is 19.0. The van der Waals surface area contributed by atoms with Crippen LogP contribution in [0.3, 0.4) is 0 Å². The van der Waals surface area contributed by atoms with Crippen LogP contribution in [0.4, 0.5) is 0 Å². The first kappa shape index (κ1) is 22.7. The van der Waals surface area contributed by atoms with Gasteiger partial charge in [-0.15, -0.1) is 0 Å². The van der Waals surface area contributed by atoms with Crippen LogP contribution >= 0.6 is 0 Å². The number of hydrazine groups is 1.